The lowest BCUT2D eigenvalue weighted by atomic mass is 10.0. The Morgan fingerprint density at radius 2 is 1.40 bits per heavy atom. The van der Waals surface area contributed by atoms with Gasteiger partial charge >= 0.3 is 0 Å². The Bertz CT molecular complexity index is 1680. The van der Waals surface area contributed by atoms with Gasteiger partial charge in [0.05, 0.1) is 10.6 Å². The number of benzene rings is 4. The van der Waals surface area contributed by atoms with Crippen molar-refractivity contribution < 1.29 is 18.0 Å². The van der Waals surface area contributed by atoms with E-state index in [0.29, 0.717) is 17.1 Å². The van der Waals surface area contributed by atoms with Gasteiger partial charge in [-0.25, -0.2) is 8.42 Å². The van der Waals surface area contributed by atoms with Crippen LogP contribution in [0.4, 0.5) is 5.69 Å². The molecule has 4 aromatic rings. The van der Waals surface area contributed by atoms with Crippen LogP contribution in [0.2, 0.25) is 5.02 Å². The van der Waals surface area contributed by atoms with Crippen molar-refractivity contribution in [3.05, 3.63) is 130 Å². The van der Waals surface area contributed by atoms with Gasteiger partial charge in [-0.15, -0.1) is 0 Å². The van der Waals surface area contributed by atoms with Crippen LogP contribution in [0.5, 0.6) is 0 Å². The van der Waals surface area contributed by atoms with E-state index in [1.807, 2.05) is 64.1 Å². The summed E-state index contributed by atoms with van der Waals surface area (Å²) < 4.78 is 29.4. The molecule has 7 nitrogen and oxygen atoms in total. The Hall–Kier alpha value is -4.14. The normalized spacial score (nSPS) is 12.6. The second-order valence-electron chi connectivity index (χ2n) is 11.3. The van der Waals surface area contributed by atoms with E-state index < -0.39 is 28.5 Å². The van der Waals surface area contributed by atoms with Crippen LogP contribution < -0.4 is 9.62 Å². The first-order valence-corrected chi connectivity index (χ1v) is 16.8. The topological polar surface area (TPSA) is 86.8 Å². The molecule has 4 rings (SSSR count). The van der Waals surface area contributed by atoms with Gasteiger partial charge in [-0.05, 0) is 85.8 Å². The highest BCUT2D eigenvalue weighted by Gasteiger charge is 2.35. The van der Waals surface area contributed by atoms with Crippen molar-refractivity contribution in [1.82, 2.24) is 10.2 Å². The lowest BCUT2D eigenvalue weighted by molar-refractivity contribution is -0.140. The van der Waals surface area contributed by atoms with Gasteiger partial charge in [0.15, 0.2) is 0 Å². The smallest absolute Gasteiger partial charge is 0.264 e. The summed E-state index contributed by atoms with van der Waals surface area (Å²) in [5.74, 6) is -0.816. The molecule has 0 radical (unpaired) electrons. The van der Waals surface area contributed by atoms with E-state index in [1.165, 1.54) is 17.0 Å². The van der Waals surface area contributed by atoms with Crippen LogP contribution in [0.25, 0.3) is 0 Å². The number of hydrogen-bond acceptors (Lipinski definition) is 4. The molecule has 0 spiro atoms. The molecular weight excluding hydrogens is 606 g/mol. The van der Waals surface area contributed by atoms with E-state index in [-0.39, 0.29) is 29.8 Å². The van der Waals surface area contributed by atoms with Crippen molar-refractivity contribution in [1.29, 1.82) is 0 Å². The number of nitrogens with zero attached hydrogens (tertiary/aromatic N) is 2. The maximum Gasteiger partial charge on any atom is 0.264 e. The fourth-order valence-electron chi connectivity index (χ4n) is 5.12. The summed E-state index contributed by atoms with van der Waals surface area (Å²) in [5.41, 5.74) is 3.72. The predicted octanol–water partition coefficient (Wildman–Crippen LogP) is 6.71. The number of carbonyl (C=O) groups excluding carboxylic acids is 2. The fraction of sp³-hybridized carbons (Fsp3) is 0.278. The maximum atomic E-state index is 14.6. The fourth-order valence-corrected chi connectivity index (χ4v) is 6.67. The van der Waals surface area contributed by atoms with Crippen molar-refractivity contribution in [3.63, 3.8) is 0 Å². The molecule has 0 aliphatic rings. The number of amides is 2. The highest BCUT2D eigenvalue weighted by molar-refractivity contribution is 7.92. The average molecular weight is 646 g/mol. The minimum Gasteiger partial charge on any atom is -0.352 e. The van der Waals surface area contributed by atoms with Crippen LogP contribution in [-0.4, -0.2) is 43.8 Å². The molecule has 0 aliphatic heterocycles. The molecule has 0 heterocycles. The molecule has 236 valence electrons. The number of anilines is 1. The molecule has 0 fully saturated rings. The van der Waals surface area contributed by atoms with E-state index in [9.17, 15) is 18.0 Å². The van der Waals surface area contributed by atoms with E-state index >= 15 is 0 Å². The van der Waals surface area contributed by atoms with Gasteiger partial charge in [-0.3, -0.25) is 13.9 Å². The summed E-state index contributed by atoms with van der Waals surface area (Å²) in [5, 5.41) is 3.59. The van der Waals surface area contributed by atoms with Crippen LogP contribution in [-0.2, 0) is 32.6 Å². The predicted molar refractivity (Wildman–Crippen MR) is 181 cm³/mol. The van der Waals surface area contributed by atoms with E-state index in [2.05, 4.69) is 5.32 Å². The largest absolute Gasteiger partial charge is 0.352 e. The molecule has 2 amide bonds. The average Bonchev–Trinajstić information content (AvgIpc) is 3.02. The van der Waals surface area contributed by atoms with Gasteiger partial charge in [0.25, 0.3) is 10.0 Å². The van der Waals surface area contributed by atoms with Crippen molar-refractivity contribution in [2.45, 2.75) is 64.1 Å². The first-order valence-electron chi connectivity index (χ1n) is 15.0. The number of halogens is 1. The molecule has 9 heteroatoms. The van der Waals surface area contributed by atoms with Crippen LogP contribution >= 0.6 is 11.6 Å². The zero-order valence-corrected chi connectivity index (χ0v) is 27.7. The first-order chi connectivity index (χ1) is 21.5. The molecular formula is C36H40ClN3O4S. The minimum atomic E-state index is -4.15. The second-order valence-corrected chi connectivity index (χ2v) is 13.6. The lowest BCUT2D eigenvalue weighted by Gasteiger charge is -2.34. The molecule has 45 heavy (non-hydrogen) atoms. The molecule has 0 saturated carbocycles. The second kappa shape index (κ2) is 15.2. The molecule has 0 bridgehead atoms. The molecule has 0 aromatic heterocycles. The van der Waals surface area contributed by atoms with E-state index in [0.717, 1.165) is 26.6 Å². The number of carbonyl (C=O) groups is 2. The Morgan fingerprint density at radius 1 is 0.822 bits per heavy atom. The quantitative estimate of drug-likeness (QED) is 0.175. The summed E-state index contributed by atoms with van der Waals surface area (Å²) >= 11 is 6.16. The highest BCUT2D eigenvalue weighted by atomic mass is 35.5. The summed E-state index contributed by atoms with van der Waals surface area (Å²) in [6.07, 6.45) is 0.960. The summed E-state index contributed by atoms with van der Waals surface area (Å²) in [7, 11) is -4.15. The third-order valence-electron chi connectivity index (χ3n) is 7.64. The van der Waals surface area contributed by atoms with Gasteiger partial charge in [0.1, 0.15) is 12.6 Å². The summed E-state index contributed by atoms with van der Waals surface area (Å²) in [6, 6.07) is 29.0. The standard InChI is InChI=1S/C36H40ClN3O4S/c1-5-28(4)38-36(42)34(23-29-12-8-6-9-13-29)39(24-30-16-18-31(37)19-17-30)35(41)25-40(32-21-26(2)20-27(3)22-32)45(43,44)33-14-10-7-11-15-33/h6-22,28,34H,5,23-25H2,1-4H3,(H,38,42). The lowest BCUT2D eigenvalue weighted by Crippen LogP contribution is -2.54. The number of sulfonamides is 1. The van der Waals surface area contributed by atoms with Gasteiger partial charge in [0, 0.05) is 24.0 Å². The molecule has 0 aliphatic carbocycles. The van der Waals surface area contributed by atoms with Gasteiger partial charge in [-0.2, -0.15) is 0 Å². The van der Waals surface area contributed by atoms with Crippen LogP contribution in [0.15, 0.2) is 108 Å². The Balaban J connectivity index is 1.82. The molecule has 2 atom stereocenters. The summed E-state index contributed by atoms with van der Waals surface area (Å²) in [6.45, 7) is 7.23. The minimum absolute atomic E-state index is 0.0663. The van der Waals surface area contributed by atoms with Crippen LogP contribution in [0, 0.1) is 13.8 Å². The Kier molecular flexibility index (Phi) is 11.4. The monoisotopic (exact) mass is 645 g/mol. The van der Waals surface area contributed by atoms with Crippen LogP contribution in [0.1, 0.15) is 42.5 Å². The Morgan fingerprint density at radius 3 is 1.98 bits per heavy atom. The van der Waals surface area contributed by atoms with Crippen LogP contribution in [0.3, 0.4) is 0 Å². The van der Waals surface area contributed by atoms with Crippen molar-refractivity contribution in [3.8, 4) is 0 Å². The highest BCUT2D eigenvalue weighted by Crippen LogP contribution is 2.27. The molecule has 2 unspecified atom stereocenters. The van der Waals surface area contributed by atoms with Crippen molar-refractivity contribution in [2.75, 3.05) is 10.8 Å². The van der Waals surface area contributed by atoms with E-state index in [1.54, 1.807) is 54.6 Å². The number of rotatable bonds is 13. The number of aryl methyl sites for hydroxylation is 2. The van der Waals surface area contributed by atoms with E-state index in [4.69, 9.17) is 11.6 Å². The summed E-state index contributed by atoms with van der Waals surface area (Å²) in [4.78, 5) is 30.0. The van der Waals surface area contributed by atoms with Crippen molar-refractivity contribution >= 4 is 39.1 Å². The zero-order valence-electron chi connectivity index (χ0n) is 26.1. The molecule has 1 N–H and O–H groups in total. The maximum absolute atomic E-state index is 14.6. The third-order valence-corrected chi connectivity index (χ3v) is 9.68. The zero-order chi connectivity index (χ0) is 32.6. The third kappa shape index (κ3) is 8.96. The van der Waals surface area contributed by atoms with Gasteiger partial charge < -0.3 is 10.2 Å². The van der Waals surface area contributed by atoms with Crippen molar-refractivity contribution in [2.24, 2.45) is 0 Å². The molecule has 0 saturated heterocycles. The SMILES string of the molecule is CCC(C)NC(=O)C(Cc1ccccc1)N(Cc1ccc(Cl)cc1)C(=O)CN(c1cc(C)cc(C)c1)S(=O)(=O)c1ccccc1. The molecule has 4 aromatic carbocycles. The van der Waals surface area contributed by atoms with Gasteiger partial charge in [0.2, 0.25) is 11.8 Å². The number of hydrogen-bond donors (Lipinski definition) is 1. The number of nitrogens with one attached hydrogen (secondary N) is 1. The first kappa shape index (κ1) is 33.7. The van der Waals surface area contributed by atoms with Gasteiger partial charge in [-0.1, -0.05) is 85.3 Å². The Labute approximate surface area is 271 Å².